The van der Waals surface area contributed by atoms with Gasteiger partial charge in [0.1, 0.15) is 0 Å². The standard InChI is InChI=1S/C20H20BrN3O2/c1-2-3-7-12-24-17-11-10-15(21)13-16(17)18(20(24)26)22-23-19(25)14-8-5-4-6-9-14/h4-6,8-11,13,26H,2-3,7,12H2,1H3. The van der Waals surface area contributed by atoms with Crippen LogP contribution in [0.25, 0.3) is 10.9 Å². The summed E-state index contributed by atoms with van der Waals surface area (Å²) in [5.74, 6) is -0.398. The lowest BCUT2D eigenvalue weighted by Crippen LogP contribution is -1.96. The van der Waals surface area contributed by atoms with Gasteiger partial charge in [-0.2, -0.15) is 0 Å². The monoisotopic (exact) mass is 413 g/mol. The van der Waals surface area contributed by atoms with Crippen LogP contribution < -0.4 is 0 Å². The van der Waals surface area contributed by atoms with E-state index in [9.17, 15) is 9.90 Å². The fraction of sp³-hybridized carbons (Fsp3) is 0.250. The van der Waals surface area contributed by atoms with Crippen molar-refractivity contribution >= 4 is 38.4 Å². The predicted molar refractivity (Wildman–Crippen MR) is 106 cm³/mol. The van der Waals surface area contributed by atoms with Gasteiger partial charge in [0, 0.05) is 22.0 Å². The van der Waals surface area contributed by atoms with Gasteiger partial charge in [0.25, 0.3) is 5.91 Å². The number of halogens is 1. The summed E-state index contributed by atoms with van der Waals surface area (Å²) >= 11 is 3.45. The Hall–Kier alpha value is -2.47. The number of rotatable bonds is 6. The van der Waals surface area contributed by atoms with Gasteiger partial charge < -0.3 is 9.67 Å². The molecule has 134 valence electrons. The number of carbonyl (C=O) groups is 1. The number of hydrogen-bond acceptors (Lipinski definition) is 3. The summed E-state index contributed by atoms with van der Waals surface area (Å²) in [5, 5.41) is 19.3. The van der Waals surface area contributed by atoms with E-state index in [2.05, 4.69) is 33.1 Å². The summed E-state index contributed by atoms with van der Waals surface area (Å²) in [5.41, 5.74) is 1.66. The number of aromatic nitrogens is 1. The minimum Gasteiger partial charge on any atom is -0.493 e. The molecule has 3 aromatic rings. The summed E-state index contributed by atoms with van der Waals surface area (Å²) in [6.07, 6.45) is 3.14. The Bertz CT molecular complexity index is 949. The Morgan fingerprint density at radius 2 is 1.92 bits per heavy atom. The molecule has 0 fully saturated rings. The quantitative estimate of drug-likeness (QED) is 0.384. The number of hydrogen-bond donors (Lipinski definition) is 1. The molecule has 6 heteroatoms. The topological polar surface area (TPSA) is 66.9 Å². The summed E-state index contributed by atoms with van der Waals surface area (Å²) < 4.78 is 2.71. The van der Waals surface area contributed by atoms with E-state index in [0.717, 1.165) is 34.6 Å². The highest BCUT2D eigenvalue weighted by atomic mass is 79.9. The van der Waals surface area contributed by atoms with E-state index < -0.39 is 5.91 Å². The molecule has 0 saturated carbocycles. The smallest absolute Gasteiger partial charge is 0.295 e. The van der Waals surface area contributed by atoms with Crippen LogP contribution in [0.5, 0.6) is 5.88 Å². The maximum Gasteiger partial charge on any atom is 0.295 e. The summed E-state index contributed by atoms with van der Waals surface area (Å²) in [6.45, 7) is 2.83. The van der Waals surface area contributed by atoms with Gasteiger partial charge in [-0.1, -0.05) is 53.9 Å². The molecule has 2 aromatic carbocycles. The Balaban J connectivity index is 1.99. The van der Waals surface area contributed by atoms with E-state index in [0.29, 0.717) is 17.8 Å². The lowest BCUT2D eigenvalue weighted by Gasteiger charge is -2.06. The molecule has 1 heterocycles. The second kappa shape index (κ2) is 8.27. The number of azo groups is 1. The van der Waals surface area contributed by atoms with Crippen molar-refractivity contribution in [3.05, 3.63) is 58.6 Å². The summed E-state index contributed by atoms with van der Waals surface area (Å²) in [7, 11) is 0. The van der Waals surface area contributed by atoms with E-state index >= 15 is 0 Å². The van der Waals surface area contributed by atoms with Gasteiger partial charge >= 0.3 is 0 Å². The fourth-order valence-corrected chi connectivity index (χ4v) is 3.24. The van der Waals surface area contributed by atoms with Crippen LogP contribution in [0.1, 0.15) is 36.5 Å². The number of aryl methyl sites for hydroxylation is 1. The average Bonchev–Trinajstić information content (AvgIpc) is 2.91. The molecule has 0 aliphatic rings. The Morgan fingerprint density at radius 3 is 2.65 bits per heavy atom. The highest BCUT2D eigenvalue weighted by molar-refractivity contribution is 9.10. The van der Waals surface area contributed by atoms with Crippen LogP contribution in [0, 0.1) is 0 Å². The van der Waals surface area contributed by atoms with Gasteiger partial charge in [0.05, 0.1) is 5.52 Å². The molecule has 0 aliphatic heterocycles. The zero-order valence-electron chi connectivity index (χ0n) is 14.5. The predicted octanol–water partition coefficient (Wildman–Crippen LogP) is 6.22. The van der Waals surface area contributed by atoms with E-state index in [1.54, 1.807) is 24.3 Å². The second-order valence-electron chi connectivity index (χ2n) is 6.06. The Kier molecular flexibility index (Phi) is 5.83. The SMILES string of the molecule is CCCCCn1c(O)c(N=NC(=O)c2ccccc2)c2cc(Br)ccc21. The molecule has 0 bridgehead atoms. The lowest BCUT2D eigenvalue weighted by atomic mass is 10.2. The first-order valence-electron chi connectivity index (χ1n) is 8.63. The van der Waals surface area contributed by atoms with Crippen molar-refractivity contribution in [2.24, 2.45) is 10.2 Å². The number of fused-ring (bicyclic) bond motifs is 1. The first-order chi connectivity index (χ1) is 12.6. The van der Waals surface area contributed by atoms with Gasteiger partial charge in [0.15, 0.2) is 5.69 Å². The van der Waals surface area contributed by atoms with Crippen molar-refractivity contribution in [1.29, 1.82) is 0 Å². The minimum atomic E-state index is -0.438. The van der Waals surface area contributed by atoms with Gasteiger partial charge in [-0.05, 0) is 36.8 Å². The maximum absolute atomic E-state index is 12.2. The van der Waals surface area contributed by atoms with Crippen LogP contribution in [0.4, 0.5) is 5.69 Å². The zero-order chi connectivity index (χ0) is 18.5. The Labute approximate surface area is 160 Å². The summed E-state index contributed by atoms with van der Waals surface area (Å²) in [6, 6.07) is 14.5. The van der Waals surface area contributed by atoms with Crippen molar-refractivity contribution in [2.75, 3.05) is 0 Å². The third-order valence-electron chi connectivity index (χ3n) is 4.22. The molecule has 26 heavy (non-hydrogen) atoms. The number of amides is 1. The van der Waals surface area contributed by atoms with Crippen LogP contribution in [0.3, 0.4) is 0 Å². The highest BCUT2D eigenvalue weighted by Gasteiger charge is 2.17. The van der Waals surface area contributed by atoms with E-state index in [-0.39, 0.29) is 5.88 Å². The average molecular weight is 414 g/mol. The molecule has 0 radical (unpaired) electrons. The van der Waals surface area contributed by atoms with Crippen LogP contribution in [-0.4, -0.2) is 15.6 Å². The van der Waals surface area contributed by atoms with E-state index in [1.807, 2.05) is 28.8 Å². The molecular formula is C20H20BrN3O2. The molecule has 0 unspecified atom stereocenters. The van der Waals surface area contributed by atoms with Gasteiger partial charge in [0.2, 0.25) is 5.88 Å². The first kappa shape index (κ1) is 18.3. The van der Waals surface area contributed by atoms with Crippen molar-refractivity contribution in [3.63, 3.8) is 0 Å². The van der Waals surface area contributed by atoms with Crippen LogP contribution in [0.15, 0.2) is 63.2 Å². The Morgan fingerprint density at radius 1 is 1.15 bits per heavy atom. The molecule has 5 nitrogen and oxygen atoms in total. The van der Waals surface area contributed by atoms with Crippen molar-refractivity contribution in [1.82, 2.24) is 4.57 Å². The minimum absolute atomic E-state index is 0.0406. The molecular weight excluding hydrogens is 394 g/mol. The normalized spacial score (nSPS) is 11.5. The molecule has 0 saturated heterocycles. The van der Waals surface area contributed by atoms with Gasteiger partial charge in [-0.25, -0.2) is 0 Å². The number of aromatic hydroxyl groups is 1. The number of carbonyl (C=O) groups excluding carboxylic acids is 1. The molecule has 1 aromatic heterocycles. The van der Waals surface area contributed by atoms with Crippen LogP contribution in [0.2, 0.25) is 0 Å². The highest BCUT2D eigenvalue weighted by Crippen LogP contribution is 2.40. The number of unbranched alkanes of at least 4 members (excludes halogenated alkanes) is 2. The third kappa shape index (κ3) is 3.85. The van der Waals surface area contributed by atoms with Gasteiger partial charge in [-0.3, -0.25) is 4.79 Å². The number of nitrogens with zero attached hydrogens (tertiary/aromatic N) is 3. The molecule has 0 atom stereocenters. The third-order valence-corrected chi connectivity index (χ3v) is 4.71. The van der Waals surface area contributed by atoms with Crippen LogP contribution in [-0.2, 0) is 6.54 Å². The number of benzene rings is 2. The molecule has 0 spiro atoms. The fourth-order valence-electron chi connectivity index (χ4n) is 2.87. The van der Waals surface area contributed by atoms with Crippen molar-refractivity contribution in [3.8, 4) is 5.88 Å². The maximum atomic E-state index is 12.2. The zero-order valence-corrected chi connectivity index (χ0v) is 16.1. The van der Waals surface area contributed by atoms with Crippen molar-refractivity contribution in [2.45, 2.75) is 32.7 Å². The summed E-state index contributed by atoms with van der Waals surface area (Å²) in [4.78, 5) is 12.2. The van der Waals surface area contributed by atoms with E-state index in [1.165, 1.54) is 0 Å². The van der Waals surface area contributed by atoms with E-state index in [4.69, 9.17) is 0 Å². The van der Waals surface area contributed by atoms with Crippen molar-refractivity contribution < 1.29 is 9.90 Å². The van der Waals surface area contributed by atoms with Crippen LogP contribution >= 0.6 is 15.9 Å². The molecule has 3 rings (SSSR count). The largest absolute Gasteiger partial charge is 0.493 e. The lowest BCUT2D eigenvalue weighted by molar-refractivity contribution is 0.0995. The van der Waals surface area contributed by atoms with Gasteiger partial charge in [-0.15, -0.1) is 10.2 Å². The molecule has 1 amide bonds. The molecule has 1 N–H and O–H groups in total. The molecule has 0 aliphatic carbocycles. The second-order valence-corrected chi connectivity index (χ2v) is 6.98. The first-order valence-corrected chi connectivity index (χ1v) is 9.43.